The van der Waals surface area contributed by atoms with Crippen molar-refractivity contribution in [2.45, 2.75) is 206 Å². The van der Waals surface area contributed by atoms with Gasteiger partial charge < -0.3 is 80.8 Å². The third kappa shape index (κ3) is 12.2. The van der Waals surface area contributed by atoms with E-state index in [4.69, 9.17) is 29.1 Å². The monoisotopic (exact) mass is 1230 g/mol. The topological polar surface area (TPSA) is 283 Å². The predicted octanol–water partition coefficient (Wildman–Crippen LogP) is 6.85. The highest BCUT2D eigenvalue weighted by Crippen LogP contribution is 2.69. The molecular weight excluding hydrogens is 1130 g/mol. The number of nitrogens with two attached hydrogens (primary N) is 1. The maximum absolute atomic E-state index is 13.9. The number of aliphatic hydroxyl groups is 7. The summed E-state index contributed by atoms with van der Waals surface area (Å²) in [7, 11) is 5.40. The number of guanidine groups is 1. The van der Waals surface area contributed by atoms with E-state index < -0.39 is 82.1 Å². The second-order valence-electron chi connectivity index (χ2n) is 27.2. The van der Waals surface area contributed by atoms with Crippen LogP contribution in [-0.2, 0) is 27.1 Å². The minimum Gasteiger partial charge on any atom is -0.485 e. The number of ether oxygens (including phenoxy) is 4. The van der Waals surface area contributed by atoms with Crippen molar-refractivity contribution in [2.75, 3.05) is 52.3 Å². The minimum atomic E-state index is -2.52. The van der Waals surface area contributed by atoms with Gasteiger partial charge in [-0.15, -0.1) is 0 Å². The van der Waals surface area contributed by atoms with E-state index in [1.165, 1.54) is 5.56 Å². The summed E-state index contributed by atoms with van der Waals surface area (Å²) in [4.78, 5) is 17.8. The molecule has 11 rings (SSSR count). The minimum absolute atomic E-state index is 0.0189. The normalized spacial score (nSPS) is 40.2. The van der Waals surface area contributed by atoms with E-state index >= 15 is 0 Å². The lowest BCUT2D eigenvalue weighted by Crippen LogP contribution is -2.86. The van der Waals surface area contributed by atoms with E-state index in [2.05, 4.69) is 40.0 Å². The van der Waals surface area contributed by atoms with Crippen LogP contribution in [0.2, 0.25) is 0 Å². The summed E-state index contributed by atoms with van der Waals surface area (Å²) in [6.45, 7) is 5.74. The maximum atomic E-state index is 13.9. The average molecular weight is 1230 g/mol. The van der Waals surface area contributed by atoms with E-state index in [9.17, 15) is 40.5 Å². The second-order valence-corrected chi connectivity index (χ2v) is 29.8. The van der Waals surface area contributed by atoms with Gasteiger partial charge in [0.05, 0.1) is 30.7 Å². The molecule has 16 unspecified atom stereocenters. The van der Waals surface area contributed by atoms with E-state index in [-0.39, 0.29) is 85.5 Å². The summed E-state index contributed by atoms with van der Waals surface area (Å²) in [5.74, 6) is -1.69. The van der Waals surface area contributed by atoms with Crippen molar-refractivity contribution in [3.8, 4) is 11.5 Å². The third-order valence-corrected chi connectivity index (χ3v) is 25.5. The van der Waals surface area contributed by atoms with E-state index in [0.717, 1.165) is 83.6 Å². The number of aliphatic imine (C=N–C) groups is 1. The zero-order valence-corrected chi connectivity index (χ0v) is 52.3. The number of hydrogen-bond acceptors (Lipinski definition) is 18. The van der Waals surface area contributed by atoms with Crippen molar-refractivity contribution in [3.05, 3.63) is 72.0 Å². The van der Waals surface area contributed by atoms with Crippen LogP contribution in [0.15, 0.2) is 70.3 Å². The Morgan fingerprint density at radius 1 is 0.942 bits per heavy atom. The Morgan fingerprint density at radius 3 is 2.53 bits per heavy atom. The van der Waals surface area contributed by atoms with Crippen LogP contribution < -0.4 is 31.2 Å². The number of esters is 1. The van der Waals surface area contributed by atoms with Gasteiger partial charge in [-0.05, 0) is 182 Å². The van der Waals surface area contributed by atoms with Crippen molar-refractivity contribution in [2.24, 2.45) is 51.6 Å². The molecule has 3 aromatic rings. The molecule has 8 aliphatic rings. The largest absolute Gasteiger partial charge is 0.485 e. The highest BCUT2D eigenvalue weighted by atomic mass is 33.1. The van der Waals surface area contributed by atoms with Crippen LogP contribution in [0.1, 0.15) is 141 Å². The summed E-state index contributed by atoms with van der Waals surface area (Å²) in [6.07, 6.45) is 11.8. The molecular formula is C66H97N5O13S2. The van der Waals surface area contributed by atoms with Crippen molar-refractivity contribution < 1.29 is 63.9 Å². The molecule has 20 heteroatoms. The van der Waals surface area contributed by atoms with Gasteiger partial charge in [-0.3, -0.25) is 9.79 Å². The van der Waals surface area contributed by atoms with Gasteiger partial charge in [0.2, 0.25) is 12.0 Å². The Morgan fingerprint density at radius 2 is 1.76 bits per heavy atom. The molecule has 1 aromatic heterocycles. The van der Waals surface area contributed by atoms with Gasteiger partial charge in [0, 0.05) is 65.9 Å². The lowest BCUT2D eigenvalue weighted by Gasteiger charge is -2.67. The molecule has 16 atom stereocenters. The average Bonchev–Trinajstić information content (AvgIpc) is 1.09. The second kappa shape index (κ2) is 26.7. The van der Waals surface area contributed by atoms with Gasteiger partial charge in [-0.1, -0.05) is 83.8 Å². The Hall–Kier alpha value is -3.64. The van der Waals surface area contributed by atoms with Gasteiger partial charge >= 0.3 is 5.97 Å². The van der Waals surface area contributed by atoms with Crippen LogP contribution in [0.25, 0.3) is 11.0 Å². The van der Waals surface area contributed by atoms with E-state index in [1.807, 2.05) is 42.1 Å². The molecule has 3 spiro atoms. The summed E-state index contributed by atoms with van der Waals surface area (Å²) in [5, 5.41) is 101. The van der Waals surface area contributed by atoms with Crippen LogP contribution in [0.5, 0.6) is 11.5 Å². The van der Waals surface area contributed by atoms with Gasteiger partial charge in [0.25, 0.3) is 0 Å². The maximum Gasteiger partial charge on any atom is 0.306 e. The molecule has 86 heavy (non-hydrogen) atoms. The first-order valence-corrected chi connectivity index (χ1v) is 34.7. The number of carbonyl (C=O) groups excluding carboxylic acids is 1. The molecule has 4 saturated carbocycles. The van der Waals surface area contributed by atoms with Crippen LogP contribution in [0, 0.1) is 40.9 Å². The van der Waals surface area contributed by atoms with Crippen molar-refractivity contribution in [1.29, 1.82) is 0 Å². The van der Waals surface area contributed by atoms with Crippen molar-refractivity contribution in [3.63, 3.8) is 0 Å². The van der Waals surface area contributed by atoms with Crippen LogP contribution in [0.4, 0.5) is 0 Å². The highest BCUT2D eigenvalue weighted by Gasteiger charge is 2.78. The number of rotatable bonds is 14. The van der Waals surface area contributed by atoms with Crippen molar-refractivity contribution >= 4 is 44.5 Å². The van der Waals surface area contributed by atoms with Crippen molar-refractivity contribution in [1.82, 2.24) is 16.0 Å². The fraction of sp³-hybridized carbons (Fsp3) is 0.727. The standard InChI is InChI=1S/C66H97N5O13S2/c1-4-80-53(75)18-15-44-35-45-24-33-81-55(45)57-56(44)83-59-66(79)54-46(14-16-49(73)48(54)39-72)37-64(78,58(66)76)65(84-59)40-85-86-63(51(69-32-34-82-57)17-13-41(2)9-8-12-52(65)74)30-29-61(25-19-43(36-61)38-68-3)50(63)22-28-62(77)26-20-47(21-27-62)71-60(67)70-31-23-42-10-6-5-7-11-42/h5-7,10-11,14,16,24,33,35,41,43,46-52,54,58-59,68-69,72-74,76-79H,4,8-9,12-13,15,17-23,25-32,34,36-40H2,1-3H3,(H3,67,70,71). The number of allylic oxidation sites excluding steroid dienone is 1. The first-order chi connectivity index (χ1) is 41.4. The zero-order valence-electron chi connectivity index (χ0n) is 50.7. The number of aliphatic hydroxyl groups excluding tert-OH is 4. The Bertz CT molecular complexity index is 2840. The molecule has 6 fully saturated rings. The smallest absolute Gasteiger partial charge is 0.306 e. The Labute approximate surface area is 515 Å². The van der Waals surface area contributed by atoms with Crippen LogP contribution in [-0.4, -0.2) is 164 Å². The number of aryl methyl sites for hydroxylation is 1. The van der Waals surface area contributed by atoms with Gasteiger partial charge in [-0.2, -0.15) is 0 Å². The molecule has 2 aromatic carbocycles. The number of nitrogens with one attached hydrogen (secondary N) is 3. The SMILES string of the molecule is CCOC(=O)CCc1cc2ccoc2c2c1OC1OC3(CSSC4(CCC5(CCC(CNC)C5)C4CCC4(O)CCC(NC(N)=NCCc5ccccc5)CC4)C(CCC(C)CCCC3O)NCCO2)C2(O)CC3C=CC(O)C(CO)C3C1(O)C2O. The Balaban J connectivity index is 0.992. The van der Waals surface area contributed by atoms with Gasteiger partial charge in [-0.25, -0.2) is 0 Å². The van der Waals surface area contributed by atoms with E-state index in [0.29, 0.717) is 67.2 Å². The Kier molecular flexibility index (Phi) is 19.8. The van der Waals surface area contributed by atoms with Crippen LogP contribution >= 0.6 is 21.6 Å². The molecule has 5 aliphatic carbocycles. The molecule has 0 radical (unpaired) electrons. The quantitative estimate of drug-likeness (QED) is 0.0259. The highest BCUT2D eigenvalue weighted by molar-refractivity contribution is 8.77. The molecule has 4 heterocycles. The number of hydrogen-bond donors (Lipinski definition) is 11. The summed E-state index contributed by atoms with van der Waals surface area (Å²) in [5.41, 5.74) is 0.809. The molecule has 5 bridgehead atoms. The summed E-state index contributed by atoms with van der Waals surface area (Å²) in [6, 6.07) is 14.0. The lowest BCUT2D eigenvalue weighted by atomic mass is 9.50. The fourth-order valence-corrected chi connectivity index (χ4v) is 21.9. The molecule has 12 N–H and O–H groups in total. The lowest BCUT2D eigenvalue weighted by molar-refractivity contribution is -0.424. The first kappa shape index (κ1) is 63.9. The molecule has 0 amide bonds. The first-order valence-electron chi connectivity index (χ1n) is 32.4. The molecule has 3 aliphatic heterocycles. The molecule has 476 valence electrons. The predicted molar refractivity (Wildman–Crippen MR) is 334 cm³/mol. The summed E-state index contributed by atoms with van der Waals surface area (Å²) >= 11 is 0. The molecule has 18 nitrogen and oxygen atoms in total. The number of nitrogens with zero attached hydrogens (tertiary/aromatic N) is 1. The fourth-order valence-electron chi connectivity index (χ4n) is 17.6. The number of fused-ring (bicyclic) bond motifs is 11. The number of benzene rings is 2. The molecule has 2 saturated heterocycles. The third-order valence-electron chi connectivity index (χ3n) is 22.1. The van der Waals surface area contributed by atoms with E-state index in [1.54, 1.807) is 42.2 Å². The number of furan rings is 1. The number of carbonyl (C=O) groups is 1. The van der Waals surface area contributed by atoms with Gasteiger partial charge in [0.15, 0.2) is 22.9 Å². The van der Waals surface area contributed by atoms with Gasteiger partial charge in [0.1, 0.15) is 23.9 Å². The summed E-state index contributed by atoms with van der Waals surface area (Å²) < 4.78 is 32.7. The zero-order chi connectivity index (χ0) is 60.5. The van der Waals surface area contributed by atoms with Crippen LogP contribution in [0.3, 0.4) is 0 Å².